The fourth-order valence-electron chi connectivity index (χ4n) is 3.38. The van der Waals surface area contributed by atoms with E-state index in [0.717, 1.165) is 47.0 Å². The minimum Gasteiger partial charge on any atom is -0.496 e. The number of amides is 1. The Kier molecular flexibility index (Phi) is 7.47. The summed E-state index contributed by atoms with van der Waals surface area (Å²) in [5, 5.41) is 2.97. The predicted molar refractivity (Wildman–Crippen MR) is 121 cm³/mol. The first-order valence-electron chi connectivity index (χ1n) is 9.79. The number of fused-ring (bicyclic) bond motifs is 1. The van der Waals surface area contributed by atoms with Crippen LogP contribution in [-0.4, -0.2) is 29.1 Å². The lowest BCUT2D eigenvalue weighted by Gasteiger charge is -2.10. The summed E-state index contributed by atoms with van der Waals surface area (Å²) in [5.74, 6) is 1.57. The van der Waals surface area contributed by atoms with Crippen LogP contribution in [0.5, 0.6) is 5.75 Å². The number of nitrogens with one attached hydrogen (secondary N) is 1. The number of hydrogen-bond acceptors (Lipinski definition) is 3. The van der Waals surface area contributed by atoms with Gasteiger partial charge in [0.15, 0.2) is 0 Å². The Morgan fingerprint density at radius 2 is 1.90 bits per heavy atom. The number of imidazole rings is 1. The first kappa shape index (κ1) is 21.1. The fraction of sp³-hybridized carbons (Fsp3) is 0.304. The standard InChI is InChI=1S/C23H26BrN3O2/c1-17(24)16-27-20-12-7-6-11-19(20)26-22(27)14-4-3-9-15-25-23(28)18-10-5-8-13-21(18)29-2/h5-8,10-13H,1,3-4,9,14-16H2,2H3,(H,25,28). The molecule has 0 spiro atoms. The highest BCUT2D eigenvalue weighted by atomic mass is 79.9. The molecule has 0 saturated carbocycles. The average molecular weight is 456 g/mol. The van der Waals surface area contributed by atoms with E-state index in [1.54, 1.807) is 19.2 Å². The van der Waals surface area contributed by atoms with Gasteiger partial charge in [-0.25, -0.2) is 4.98 Å². The summed E-state index contributed by atoms with van der Waals surface area (Å²) in [6.07, 6.45) is 3.86. The van der Waals surface area contributed by atoms with Crippen molar-refractivity contribution in [2.75, 3.05) is 13.7 Å². The summed E-state index contributed by atoms with van der Waals surface area (Å²) >= 11 is 3.47. The third kappa shape index (κ3) is 5.48. The Morgan fingerprint density at radius 3 is 2.69 bits per heavy atom. The molecule has 3 rings (SSSR count). The van der Waals surface area contributed by atoms with Gasteiger partial charge in [0, 0.05) is 17.4 Å². The van der Waals surface area contributed by atoms with Crippen LogP contribution in [0, 0.1) is 0 Å². The highest BCUT2D eigenvalue weighted by molar-refractivity contribution is 9.11. The maximum Gasteiger partial charge on any atom is 0.255 e. The monoisotopic (exact) mass is 455 g/mol. The Bertz CT molecular complexity index is 997. The number of halogens is 1. The first-order chi connectivity index (χ1) is 14.1. The van der Waals surface area contributed by atoms with Gasteiger partial charge in [-0.1, -0.05) is 53.2 Å². The smallest absolute Gasteiger partial charge is 0.255 e. The van der Waals surface area contributed by atoms with Gasteiger partial charge in [0.1, 0.15) is 11.6 Å². The lowest BCUT2D eigenvalue weighted by Crippen LogP contribution is -2.24. The van der Waals surface area contributed by atoms with Gasteiger partial charge in [-0.2, -0.15) is 0 Å². The number of ether oxygens (including phenoxy) is 1. The predicted octanol–water partition coefficient (Wildman–Crippen LogP) is 5.10. The number of allylic oxidation sites excluding steroid dienone is 1. The largest absolute Gasteiger partial charge is 0.496 e. The Balaban J connectivity index is 1.48. The zero-order valence-corrected chi connectivity index (χ0v) is 18.2. The van der Waals surface area contributed by atoms with Crippen LogP contribution in [0.25, 0.3) is 11.0 Å². The summed E-state index contributed by atoms with van der Waals surface area (Å²) in [5.41, 5.74) is 2.71. The molecule has 0 radical (unpaired) electrons. The van der Waals surface area contributed by atoms with Crippen molar-refractivity contribution >= 4 is 32.9 Å². The highest BCUT2D eigenvalue weighted by Gasteiger charge is 2.12. The zero-order valence-electron chi connectivity index (χ0n) is 16.7. The molecule has 5 nitrogen and oxygen atoms in total. The molecule has 3 aromatic rings. The van der Waals surface area contributed by atoms with E-state index in [1.807, 2.05) is 30.3 Å². The summed E-state index contributed by atoms with van der Waals surface area (Å²) in [4.78, 5) is 17.1. The van der Waals surface area contributed by atoms with Crippen LogP contribution in [0.2, 0.25) is 0 Å². The van der Waals surface area contributed by atoms with Gasteiger partial charge >= 0.3 is 0 Å². The number of aryl methyl sites for hydroxylation is 1. The highest BCUT2D eigenvalue weighted by Crippen LogP contribution is 2.20. The molecule has 0 aliphatic rings. The number of nitrogens with zero attached hydrogens (tertiary/aromatic N) is 2. The molecule has 0 bridgehead atoms. The van der Waals surface area contributed by atoms with Gasteiger partial charge in [-0.05, 0) is 37.1 Å². The van der Waals surface area contributed by atoms with E-state index >= 15 is 0 Å². The number of carbonyl (C=O) groups is 1. The first-order valence-corrected chi connectivity index (χ1v) is 10.6. The summed E-state index contributed by atoms with van der Waals surface area (Å²) in [6, 6.07) is 15.4. The van der Waals surface area contributed by atoms with Crippen LogP contribution in [0.3, 0.4) is 0 Å². The minimum absolute atomic E-state index is 0.0972. The van der Waals surface area contributed by atoms with Crippen molar-refractivity contribution in [3.63, 3.8) is 0 Å². The molecule has 1 heterocycles. The van der Waals surface area contributed by atoms with Crippen molar-refractivity contribution in [1.82, 2.24) is 14.9 Å². The molecule has 0 fully saturated rings. The molecule has 0 saturated heterocycles. The van der Waals surface area contributed by atoms with Crippen LogP contribution in [0.1, 0.15) is 35.4 Å². The zero-order chi connectivity index (χ0) is 20.6. The van der Waals surface area contributed by atoms with Crippen LogP contribution in [0.15, 0.2) is 59.6 Å². The fourth-order valence-corrected chi connectivity index (χ4v) is 3.63. The van der Waals surface area contributed by atoms with E-state index in [-0.39, 0.29) is 5.91 Å². The molecule has 0 unspecified atom stereocenters. The van der Waals surface area contributed by atoms with Crippen molar-refractivity contribution in [2.45, 2.75) is 32.2 Å². The number of aromatic nitrogens is 2. The Hall–Kier alpha value is -2.60. The quantitative estimate of drug-likeness (QED) is 0.432. The Morgan fingerprint density at radius 1 is 1.14 bits per heavy atom. The van der Waals surface area contributed by atoms with Crippen LogP contribution < -0.4 is 10.1 Å². The number of para-hydroxylation sites is 3. The van der Waals surface area contributed by atoms with Crippen molar-refractivity contribution in [3.05, 3.63) is 71.0 Å². The second kappa shape index (κ2) is 10.3. The molecule has 6 heteroatoms. The third-order valence-electron chi connectivity index (χ3n) is 4.78. The number of carbonyl (C=O) groups excluding carboxylic acids is 1. The van der Waals surface area contributed by atoms with Gasteiger partial charge in [0.25, 0.3) is 5.91 Å². The Labute approximate surface area is 179 Å². The number of benzene rings is 2. The molecule has 1 N–H and O–H groups in total. The van der Waals surface area contributed by atoms with Crippen molar-refractivity contribution in [2.24, 2.45) is 0 Å². The van der Waals surface area contributed by atoms with Crippen molar-refractivity contribution < 1.29 is 9.53 Å². The molecule has 1 amide bonds. The van der Waals surface area contributed by atoms with Gasteiger partial charge in [-0.3, -0.25) is 4.79 Å². The van der Waals surface area contributed by atoms with E-state index in [4.69, 9.17) is 9.72 Å². The van der Waals surface area contributed by atoms with Crippen LogP contribution >= 0.6 is 15.9 Å². The lowest BCUT2D eigenvalue weighted by molar-refractivity contribution is 0.0950. The average Bonchev–Trinajstić information content (AvgIpc) is 3.07. The van der Waals surface area contributed by atoms with Crippen molar-refractivity contribution in [3.8, 4) is 5.75 Å². The van der Waals surface area contributed by atoms with E-state index < -0.39 is 0 Å². The third-order valence-corrected chi connectivity index (χ3v) is 5.03. The molecule has 2 aromatic carbocycles. The van der Waals surface area contributed by atoms with E-state index in [0.29, 0.717) is 24.4 Å². The SMILES string of the molecule is C=C(Br)Cn1c(CCCCCNC(=O)c2ccccc2OC)nc2ccccc21. The van der Waals surface area contributed by atoms with Crippen LogP contribution in [-0.2, 0) is 13.0 Å². The number of unbranched alkanes of at least 4 members (excludes halogenated alkanes) is 2. The molecule has 152 valence electrons. The van der Waals surface area contributed by atoms with Crippen LogP contribution in [0.4, 0.5) is 0 Å². The molecular weight excluding hydrogens is 430 g/mol. The van der Waals surface area contributed by atoms with E-state index in [2.05, 4.69) is 38.5 Å². The topological polar surface area (TPSA) is 56.2 Å². The second-order valence-electron chi connectivity index (χ2n) is 6.89. The molecule has 1 aromatic heterocycles. The number of rotatable bonds is 10. The minimum atomic E-state index is -0.0972. The van der Waals surface area contributed by atoms with Crippen molar-refractivity contribution in [1.29, 1.82) is 0 Å². The summed E-state index contributed by atoms with van der Waals surface area (Å²) < 4.78 is 8.39. The molecule has 29 heavy (non-hydrogen) atoms. The second-order valence-corrected chi connectivity index (χ2v) is 8.01. The number of methoxy groups -OCH3 is 1. The summed E-state index contributed by atoms with van der Waals surface area (Å²) in [7, 11) is 1.57. The summed E-state index contributed by atoms with van der Waals surface area (Å²) in [6.45, 7) is 5.33. The molecule has 0 aliphatic carbocycles. The van der Waals surface area contributed by atoms with Gasteiger partial charge in [0.05, 0.1) is 30.3 Å². The maximum absolute atomic E-state index is 12.3. The lowest BCUT2D eigenvalue weighted by atomic mass is 10.1. The van der Waals surface area contributed by atoms with Gasteiger partial charge < -0.3 is 14.6 Å². The number of hydrogen-bond donors (Lipinski definition) is 1. The van der Waals surface area contributed by atoms with E-state index in [1.165, 1.54) is 0 Å². The molecule has 0 atom stereocenters. The normalized spacial score (nSPS) is 10.8. The molecular formula is C23H26BrN3O2. The van der Waals surface area contributed by atoms with E-state index in [9.17, 15) is 4.79 Å². The van der Waals surface area contributed by atoms with Gasteiger partial charge in [-0.15, -0.1) is 0 Å². The maximum atomic E-state index is 12.3. The van der Waals surface area contributed by atoms with Gasteiger partial charge in [0.2, 0.25) is 0 Å². The molecule has 0 aliphatic heterocycles.